The highest BCUT2D eigenvalue weighted by atomic mass is 16.3. The summed E-state index contributed by atoms with van der Waals surface area (Å²) in [6, 6.07) is -0.0644. The number of hydrogen-bond acceptors (Lipinski definition) is 4. The lowest BCUT2D eigenvalue weighted by Gasteiger charge is -2.46. The average Bonchev–Trinajstić information content (AvgIpc) is 3.12. The van der Waals surface area contributed by atoms with Crippen molar-refractivity contribution in [3.05, 3.63) is 17.8 Å². The van der Waals surface area contributed by atoms with Gasteiger partial charge in [-0.25, -0.2) is 4.98 Å². The first-order valence-corrected chi connectivity index (χ1v) is 10.4. The molecule has 1 aromatic rings. The quantitative estimate of drug-likeness (QED) is 0.803. The van der Waals surface area contributed by atoms with Crippen molar-refractivity contribution in [2.24, 2.45) is 34.8 Å². The molecule has 3 N–H and O–H groups in total. The van der Waals surface area contributed by atoms with Gasteiger partial charge in [-0.2, -0.15) is 0 Å². The Morgan fingerprint density at radius 3 is 2.88 bits per heavy atom. The van der Waals surface area contributed by atoms with Crippen molar-refractivity contribution >= 4 is 5.91 Å². The maximum absolute atomic E-state index is 12.8. The molecule has 0 spiro atoms. The summed E-state index contributed by atoms with van der Waals surface area (Å²) in [7, 11) is 0. The second-order valence-electron chi connectivity index (χ2n) is 9.61. The third-order valence-electron chi connectivity index (χ3n) is 7.41. The van der Waals surface area contributed by atoms with E-state index in [2.05, 4.69) is 31.1 Å². The predicted octanol–water partition coefficient (Wildman–Crippen LogP) is 4.06. The van der Waals surface area contributed by atoms with Gasteiger partial charge in [0, 0.05) is 6.04 Å². The van der Waals surface area contributed by atoms with Gasteiger partial charge in [0.25, 0.3) is 5.91 Å². The summed E-state index contributed by atoms with van der Waals surface area (Å²) in [4.78, 5) is 17.1. The van der Waals surface area contributed by atoms with E-state index in [0.717, 1.165) is 24.2 Å². The van der Waals surface area contributed by atoms with Crippen molar-refractivity contribution < 1.29 is 9.21 Å². The molecule has 0 aromatic carbocycles. The van der Waals surface area contributed by atoms with Crippen LogP contribution in [0.5, 0.6) is 0 Å². The molecule has 5 heteroatoms. The zero-order valence-corrected chi connectivity index (χ0v) is 16.3. The molecular formula is C21H33N3O2. The minimum Gasteiger partial charge on any atom is -0.446 e. The van der Waals surface area contributed by atoms with Crippen molar-refractivity contribution in [1.29, 1.82) is 0 Å². The van der Waals surface area contributed by atoms with Crippen LogP contribution in [0.25, 0.3) is 0 Å². The smallest absolute Gasteiger partial charge is 0.273 e. The summed E-state index contributed by atoms with van der Waals surface area (Å²) in [5.41, 5.74) is 6.79. The van der Waals surface area contributed by atoms with E-state index >= 15 is 0 Å². The van der Waals surface area contributed by atoms with Crippen LogP contribution in [0.3, 0.4) is 0 Å². The molecule has 1 heterocycles. The highest BCUT2D eigenvalue weighted by molar-refractivity contribution is 5.92. The predicted molar refractivity (Wildman–Crippen MR) is 100 cm³/mol. The van der Waals surface area contributed by atoms with Gasteiger partial charge in [0.05, 0.1) is 6.04 Å². The van der Waals surface area contributed by atoms with E-state index in [0.29, 0.717) is 22.9 Å². The van der Waals surface area contributed by atoms with Crippen LogP contribution in [0.1, 0.15) is 88.1 Å². The van der Waals surface area contributed by atoms with E-state index in [-0.39, 0.29) is 18.0 Å². The van der Waals surface area contributed by atoms with Gasteiger partial charge in [0.2, 0.25) is 5.89 Å². The Kier molecular flexibility index (Phi) is 4.62. The molecule has 26 heavy (non-hydrogen) atoms. The van der Waals surface area contributed by atoms with Crippen LogP contribution in [0.4, 0.5) is 0 Å². The molecule has 0 aliphatic heterocycles. The first-order valence-electron chi connectivity index (χ1n) is 10.4. The topological polar surface area (TPSA) is 81.1 Å². The maximum atomic E-state index is 12.8. The Morgan fingerprint density at radius 1 is 1.35 bits per heavy atom. The summed E-state index contributed by atoms with van der Waals surface area (Å²) in [5, 5.41) is 3.26. The standard InChI is InChI=1S/C21H33N3O2/c1-12(2)6-17(22)20-24-18(11-26-20)19(25)23-13(3)21-5-4-14-7-15(10-21)9-16(21)8-14/h11-17H,4-10,22H2,1-3H3,(H,23,25). The maximum Gasteiger partial charge on any atom is 0.273 e. The van der Waals surface area contributed by atoms with Gasteiger partial charge >= 0.3 is 0 Å². The van der Waals surface area contributed by atoms with E-state index in [1.165, 1.54) is 44.8 Å². The number of nitrogens with one attached hydrogen (secondary N) is 1. The Morgan fingerprint density at radius 2 is 2.12 bits per heavy atom. The van der Waals surface area contributed by atoms with Crippen molar-refractivity contribution in [2.75, 3.05) is 0 Å². The van der Waals surface area contributed by atoms with Gasteiger partial charge in [0.15, 0.2) is 5.69 Å². The molecule has 1 amide bonds. The fraction of sp³-hybridized carbons (Fsp3) is 0.810. The molecular weight excluding hydrogens is 326 g/mol. The van der Waals surface area contributed by atoms with Gasteiger partial charge < -0.3 is 15.5 Å². The summed E-state index contributed by atoms with van der Waals surface area (Å²) in [5.74, 6) is 3.42. The summed E-state index contributed by atoms with van der Waals surface area (Å²) < 4.78 is 5.49. The third kappa shape index (κ3) is 3.08. The van der Waals surface area contributed by atoms with Crippen molar-refractivity contribution in [3.8, 4) is 0 Å². The normalized spacial score (nSPS) is 34.9. The molecule has 3 fully saturated rings. The second-order valence-corrected chi connectivity index (χ2v) is 9.61. The Hall–Kier alpha value is -1.36. The number of fused-ring (bicyclic) bond motifs is 2. The molecule has 4 rings (SSSR count). The van der Waals surface area contributed by atoms with Crippen molar-refractivity contribution in [1.82, 2.24) is 10.3 Å². The highest BCUT2D eigenvalue weighted by Crippen LogP contribution is 2.63. The molecule has 144 valence electrons. The van der Waals surface area contributed by atoms with Gasteiger partial charge in [-0.05, 0) is 81.0 Å². The number of carbonyl (C=O) groups is 1. The van der Waals surface area contributed by atoms with Gasteiger partial charge in [-0.3, -0.25) is 4.79 Å². The summed E-state index contributed by atoms with van der Waals surface area (Å²) in [6.45, 7) is 6.43. The largest absolute Gasteiger partial charge is 0.446 e. The number of rotatable bonds is 6. The van der Waals surface area contributed by atoms with Crippen LogP contribution < -0.4 is 11.1 Å². The first-order chi connectivity index (χ1) is 12.4. The molecule has 0 radical (unpaired) electrons. The van der Waals surface area contributed by atoms with Gasteiger partial charge in [-0.1, -0.05) is 13.8 Å². The van der Waals surface area contributed by atoms with Crippen LogP contribution in [0, 0.1) is 29.1 Å². The molecule has 3 aliphatic rings. The van der Waals surface area contributed by atoms with E-state index in [9.17, 15) is 4.79 Å². The molecule has 0 saturated heterocycles. The van der Waals surface area contributed by atoms with E-state index in [4.69, 9.17) is 10.2 Å². The lowest BCUT2D eigenvalue weighted by atomic mass is 9.61. The molecule has 6 unspecified atom stereocenters. The zero-order valence-electron chi connectivity index (χ0n) is 16.3. The van der Waals surface area contributed by atoms with Crippen molar-refractivity contribution in [3.63, 3.8) is 0 Å². The number of hydrogen-bond donors (Lipinski definition) is 2. The lowest BCUT2D eigenvalue weighted by Crippen LogP contribution is -2.49. The lowest BCUT2D eigenvalue weighted by molar-refractivity contribution is 0.0519. The number of aromatic nitrogens is 1. The molecule has 3 saturated carbocycles. The summed E-state index contributed by atoms with van der Waals surface area (Å²) >= 11 is 0. The van der Waals surface area contributed by atoms with Crippen LogP contribution >= 0.6 is 0 Å². The first kappa shape index (κ1) is 18.0. The van der Waals surface area contributed by atoms with E-state index < -0.39 is 0 Å². The van der Waals surface area contributed by atoms with Gasteiger partial charge in [0.1, 0.15) is 6.26 Å². The minimum atomic E-state index is -0.253. The fourth-order valence-corrected chi connectivity index (χ4v) is 6.25. The van der Waals surface area contributed by atoms with E-state index in [1.54, 1.807) is 0 Å². The SMILES string of the molecule is CC(C)CC(N)c1nc(C(=O)NC(C)C23CCC4CC(CC2C4)C3)co1. The third-order valence-corrected chi connectivity index (χ3v) is 7.41. The van der Waals surface area contributed by atoms with Crippen LogP contribution in [-0.2, 0) is 0 Å². The van der Waals surface area contributed by atoms with Crippen LogP contribution in [0.15, 0.2) is 10.7 Å². The number of carbonyl (C=O) groups excluding carboxylic acids is 1. The molecule has 6 atom stereocenters. The number of nitrogens with zero attached hydrogens (tertiary/aromatic N) is 1. The molecule has 5 nitrogen and oxygen atoms in total. The van der Waals surface area contributed by atoms with Crippen molar-refractivity contribution in [2.45, 2.75) is 77.8 Å². The second kappa shape index (κ2) is 6.66. The van der Waals surface area contributed by atoms with E-state index in [1.807, 2.05) is 0 Å². The van der Waals surface area contributed by atoms with Gasteiger partial charge in [-0.15, -0.1) is 0 Å². The fourth-order valence-electron chi connectivity index (χ4n) is 6.25. The number of amides is 1. The Bertz CT molecular complexity index is 670. The average molecular weight is 360 g/mol. The highest BCUT2D eigenvalue weighted by Gasteiger charge is 2.56. The molecule has 3 aliphatic carbocycles. The van der Waals surface area contributed by atoms with Crippen LogP contribution in [-0.4, -0.2) is 16.9 Å². The Balaban J connectivity index is 1.43. The van der Waals surface area contributed by atoms with Crippen LogP contribution in [0.2, 0.25) is 0 Å². The number of oxazole rings is 1. The monoisotopic (exact) mass is 359 g/mol. The summed E-state index contributed by atoms with van der Waals surface area (Å²) in [6.07, 6.45) is 10.3. The molecule has 1 aromatic heterocycles. The minimum absolute atomic E-state index is 0.123. The Labute approximate surface area is 156 Å². The zero-order chi connectivity index (χ0) is 18.5. The molecule has 3 bridgehead atoms. The number of nitrogens with two attached hydrogens (primary N) is 1.